The smallest absolute Gasteiger partial charge is 0.159 e. The van der Waals surface area contributed by atoms with E-state index >= 15 is 0 Å². The molecule has 0 unspecified atom stereocenters. The molecule has 0 aromatic rings. The first kappa shape index (κ1) is 6.18. The lowest BCUT2D eigenvalue weighted by Crippen LogP contribution is -2.07. The topological polar surface area (TPSA) is 3.24 Å². The molecule has 0 aromatic carbocycles. The third kappa shape index (κ3) is 1.03. The minimum atomic E-state index is 1.14. The van der Waals surface area contributed by atoms with Gasteiger partial charge in [0, 0.05) is 31.1 Å². The van der Waals surface area contributed by atoms with Crippen LogP contribution in [-0.4, -0.2) is 11.9 Å². The van der Waals surface area contributed by atoms with Gasteiger partial charge >= 0.3 is 0 Å². The van der Waals surface area contributed by atoms with Gasteiger partial charge in [-0.15, -0.1) is 0 Å². The van der Waals surface area contributed by atoms with E-state index in [0.717, 1.165) is 5.57 Å². The van der Waals surface area contributed by atoms with Gasteiger partial charge in [0.25, 0.3) is 0 Å². The van der Waals surface area contributed by atoms with Crippen molar-refractivity contribution >= 4 is 0 Å². The van der Waals surface area contributed by atoms with Crippen LogP contribution >= 0.6 is 0 Å². The van der Waals surface area contributed by atoms with Crippen LogP contribution in [0.5, 0.6) is 0 Å². The molecule has 0 saturated carbocycles. The van der Waals surface area contributed by atoms with Crippen LogP contribution in [0.15, 0.2) is 47.5 Å². The molecule has 0 spiro atoms. The second-order valence-electron chi connectivity index (χ2n) is 2.58. The zero-order valence-electron chi connectivity index (χ0n) is 6.33. The summed E-state index contributed by atoms with van der Waals surface area (Å²) in [6.45, 7) is 0. The molecular weight excluding hydrogens is 134 g/mol. The Balaban J connectivity index is 2.47. The van der Waals surface area contributed by atoms with Crippen LogP contribution < -0.4 is 0 Å². The molecule has 0 N–H and O–H groups in total. The standard InChI is InChI=1S/C10H8N/c1-11-7-6-9-4-2-3-5-10(9)8-11/h2,5-8H,1H3/q+1. The molecule has 0 amide bonds. The van der Waals surface area contributed by atoms with E-state index in [1.165, 1.54) is 5.57 Å². The van der Waals surface area contributed by atoms with Gasteiger partial charge in [0.1, 0.15) is 11.6 Å². The summed E-state index contributed by atoms with van der Waals surface area (Å²) in [4.78, 5) is 2.02. The average molecular weight is 142 g/mol. The van der Waals surface area contributed by atoms with Crippen molar-refractivity contribution in [3.8, 4) is 0 Å². The molecule has 0 bridgehead atoms. The Morgan fingerprint density at radius 2 is 2.45 bits per heavy atom. The van der Waals surface area contributed by atoms with Crippen molar-refractivity contribution in [1.82, 2.24) is 4.90 Å². The molecule has 52 valence electrons. The zero-order chi connectivity index (χ0) is 7.68. The van der Waals surface area contributed by atoms with Gasteiger partial charge in [-0.3, -0.25) is 0 Å². The maximum Gasteiger partial charge on any atom is 0.159 e. The van der Waals surface area contributed by atoms with E-state index in [1.807, 2.05) is 36.4 Å². The lowest BCUT2D eigenvalue weighted by atomic mass is 10.0. The van der Waals surface area contributed by atoms with Gasteiger partial charge in [-0.25, -0.2) is 0 Å². The first-order valence-corrected chi connectivity index (χ1v) is 3.53. The van der Waals surface area contributed by atoms with Gasteiger partial charge in [-0.2, -0.15) is 0 Å². The summed E-state index contributed by atoms with van der Waals surface area (Å²) >= 11 is 0. The number of rotatable bonds is 0. The van der Waals surface area contributed by atoms with Gasteiger partial charge in [0.2, 0.25) is 0 Å². The molecule has 1 aliphatic heterocycles. The Labute approximate surface area is 66.3 Å². The second kappa shape index (κ2) is 2.25. The van der Waals surface area contributed by atoms with Crippen molar-refractivity contribution in [2.45, 2.75) is 0 Å². The molecule has 1 heterocycles. The monoisotopic (exact) mass is 142 g/mol. The highest BCUT2D eigenvalue weighted by atomic mass is 15.1. The number of allylic oxidation sites excluding steroid dienone is 5. The zero-order valence-corrected chi connectivity index (χ0v) is 6.33. The van der Waals surface area contributed by atoms with Crippen molar-refractivity contribution in [3.05, 3.63) is 53.6 Å². The minimum Gasteiger partial charge on any atom is -0.340 e. The lowest BCUT2D eigenvalue weighted by Gasteiger charge is -2.10. The highest BCUT2D eigenvalue weighted by Gasteiger charge is 2.14. The molecule has 1 nitrogen and oxygen atoms in total. The molecule has 11 heavy (non-hydrogen) atoms. The fourth-order valence-corrected chi connectivity index (χ4v) is 1.12. The lowest BCUT2D eigenvalue weighted by molar-refractivity contribution is 0.615. The predicted molar refractivity (Wildman–Crippen MR) is 44.4 cm³/mol. The van der Waals surface area contributed by atoms with Crippen molar-refractivity contribution < 1.29 is 0 Å². The molecule has 0 radical (unpaired) electrons. The summed E-state index contributed by atoms with van der Waals surface area (Å²) in [6.07, 6.45) is 13.0. The van der Waals surface area contributed by atoms with E-state index in [0.29, 0.717) is 0 Å². The van der Waals surface area contributed by atoms with Gasteiger partial charge in [0.15, 0.2) is 5.57 Å². The van der Waals surface area contributed by atoms with E-state index in [-0.39, 0.29) is 0 Å². The minimum absolute atomic E-state index is 1.14. The predicted octanol–water partition coefficient (Wildman–Crippen LogP) is 1.78. The van der Waals surface area contributed by atoms with Crippen LogP contribution in [0.25, 0.3) is 0 Å². The first-order valence-electron chi connectivity index (χ1n) is 3.53. The molecule has 0 fully saturated rings. The summed E-state index contributed by atoms with van der Waals surface area (Å²) in [6, 6.07) is 0. The number of hydrogen-bond donors (Lipinski definition) is 0. The van der Waals surface area contributed by atoms with Crippen molar-refractivity contribution in [2.75, 3.05) is 7.05 Å². The van der Waals surface area contributed by atoms with E-state index in [2.05, 4.69) is 18.0 Å². The highest BCUT2D eigenvalue weighted by Crippen LogP contribution is 2.19. The van der Waals surface area contributed by atoms with Crippen molar-refractivity contribution in [3.63, 3.8) is 0 Å². The Bertz CT molecular complexity index is 323. The Kier molecular flexibility index (Phi) is 1.26. The van der Waals surface area contributed by atoms with Crippen molar-refractivity contribution in [1.29, 1.82) is 0 Å². The van der Waals surface area contributed by atoms with Crippen LogP contribution in [0.3, 0.4) is 0 Å². The molecular formula is C10H8N+. The maximum atomic E-state index is 3.11. The van der Waals surface area contributed by atoms with E-state index in [9.17, 15) is 0 Å². The summed E-state index contributed by atoms with van der Waals surface area (Å²) in [5.74, 6) is 0. The molecule has 1 aliphatic carbocycles. The highest BCUT2D eigenvalue weighted by molar-refractivity contribution is 5.49. The quantitative estimate of drug-likeness (QED) is 0.368. The third-order valence-corrected chi connectivity index (χ3v) is 1.68. The fourth-order valence-electron chi connectivity index (χ4n) is 1.12. The molecule has 2 aliphatic rings. The Morgan fingerprint density at radius 1 is 1.55 bits per heavy atom. The van der Waals surface area contributed by atoms with Crippen LogP contribution in [0, 0.1) is 6.08 Å². The second-order valence-corrected chi connectivity index (χ2v) is 2.58. The normalized spacial score (nSPS) is 18.8. The van der Waals surface area contributed by atoms with E-state index in [4.69, 9.17) is 0 Å². The maximum absolute atomic E-state index is 3.11. The number of nitrogens with zero attached hydrogens (tertiary/aromatic N) is 1. The van der Waals surface area contributed by atoms with Crippen LogP contribution in [-0.2, 0) is 0 Å². The Hall–Kier alpha value is -1.55. The summed E-state index contributed by atoms with van der Waals surface area (Å²) in [7, 11) is 2.01. The van der Waals surface area contributed by atoms with Crippen LogP contribution in [0.4, 0.5) is 0 Å². The van der Waals surface area contributed by atoms with Crippen molar-refractivity contribution in [2.24, 2.45) is 0 Å². The number of hydrogen-bond acceptors (Lipinski definition) is 1. The van der Waals surface area contributed by atoms with Gasteiger partial charge in [0.05, 0.1) is 12.3 Å². The average Bonchev–Trinajstić information content (AvgIpc) is 2.04. The number of fused-ring (bicyclic) bond motifs is 1. The SMILES string of the molecule is CN1C=CC2=[C+]C=C=CC2=C1. The van der Waals surface area contributed by atoms with Crippen LogP contribution in [0.2, 0.25) is 0 Å². The molecule has 0 atom stereocenters. The molecule has 1 heteroatoms. The van der Waals surface area contributed by atoms with Gasteiger partial charge in [-0.1, -0.05) is 0 Å². The first-order chi connectivity index (χ1) is 5.36. The van der Waals surface area contributed by atoms with E-state index < -0.39 is 0 Å². The molecule has 2 rings (SSSR count). The third-order valence-electron chi connectivity index (χ3n) is 1.68. The fraction of sp³-hybridized carbons (Fsp3) is 0.100. The molecule has 0 saturated heterocycles. The van der Waals surface area contributed by atoms with E-state index in [1.54, 1.807) is 0 Å². The summed E-state index contributed by atoms with van der Waals surface area (Å²) in [5.41, 5.74) is 5.31. The summed E-state index contributed by atoms with van der Waals surface area (Å²) in [5, 5.41) is 0. The van der Waals surface area contributed by atoms with Gasteiger partial charge in [-0.05, 0) is 0 Å². The Morgan fingerprint density at radius 3 is 3.36 bits per heavy atom. The largest absolute Gasteiger partial charge is 0.340 e. The molecule has 0 aromatic heterocycles. The van der Waals surface area contributed by atoms with Gasteiger partial charge < -0.3 is 4.90 Å². The van der Waals surface area contributed by atoms with Crippen LogP contribution in [0.1, 0.15) is 0 Å². The summed E-state index contributed by atoms with van der Waals surface area (Å²) < 4.78 is 0.